The van der Waals surface area contributed by atoms with Gasteiger partial charge in [-0.25, -0.2) is 0 Å². The van der Waals surface area contributed by atoms with E-state index in [9.17, 15) is 0 Å². The Kier molecular flexibility index (Phi) is 3.36. The topological polar surface area (TPSA) is 53.1 Å². The Morgan fingerprint density at radius 2 is 1.71 bits per heavy atom. The molecule has 0 fully saturated rings. The first kappa shape index (κ1) is 13.2. The van der Waals surface area contributed by atoms with Crippen molar-refractivity contribution in [2.75, 3.05) is 12.8 Å². The van der Waals surface area contributed by atoms with Crippen LogP contribution >= 0.6 is 0 Å². The number of methoxy groups -OCH3 is 1. The number of benzene rings is 2. The van der Waals surface area contributed by atoms with Crippen molar-refractivity contribution in [3.8, 4) is 28.1 Å². The van der Waals surface area contributed by atoms with Gasteiger partial charge in [0.15, 0.2) is 0 Å². The van der Waals surface area contributed by atoms with Crippen LogP contribution in [-0.2, 0) is 7.05 Å². The monoisotopic (exact) mass is 279 g/mol. The van der Waals surface area contributed by atoms with Crippen LogP contribution in [0.5, 0.6) is 5.75 Å². The van der Waals surface area contributed by atoms with Crippen LogP contribution in [0, 0.1) is 0 Å². The Hall–Kier alpha value is -2.75. The van der Waals surface area contributed by atoms with Crippen molar-refractivity contribution in [1.29, 1.82) is 0 Å². The molecule has 2 aromatic carbocycles. The lowest BCUT2D eigenvalue weighted by atomic mass is 10.0. The van der Waals surface area contributed by atoms with Gasteiger partial charge < -0.3 is 10.5 Å². The molecular formula is C17H17N3O. The molecule has 0 aliphatic rings. The highest BCUT2D eigenvalue weighted by atomic mass is 16.5. The summed E-state index contributed by atoms with van der Waals surface area (Å²) >= 11 is 0. The zero-order valence-corrected chi connectivity index (χ0v) is 12.1. The van der Waals surface area contributed by atoms with Crippen molar-refractivity contribution < 1.29 is 4.74 Å². The van der Waals surface area contributed by atoms with Gasteiger partial charge in [0, 0.05) is 12.6 Å². The first-order valence-corrected chi connectivity index (χ1v) is 6.73. The summed E-state index contributed by atoms with van der Waals surface area (Å²) in [5.74, 6) is 1.44. The molecule has 0 radical (unpaired) electrons. The molecule has 0 saturated carbocycles. The lowest BCUT2D eigenvalue weighted by Gasteiger charge is -2.06. The predicted molar refractivity (Wildman–Crippen MR) is 85.0 cm³/mol. The van der Waals surface area contributed by atoms with Crippen LogP contribution in [-0.4, -0.2) is 16.9 Å². The predicted octanol–water partition coefficient (Wildman–Crippen LogP) is 3.34. The van der Waals surface area contributed by atoms with Gasteiger partial charge in [0.25, 0.3) is 0 Å². The zero-order chi connectivity index (χ0) is 14.8. The molecule has 1 heterocycles. The van der Waals surface area contributed by atoms with E-state index in [1.54, 1.807) is 11.8 Å². The second-order valence-corrected chi connectivity index (χ2v) is 4.83. The second kappa shape index (κ2) is 5.32. The standard InChI is InChI=1S/C17H17N3O/c1-20-17(18)15(13-9-6-10-14(11-13)21-2)16(19-20)12-7-4-3-5-8-12/h3-11H,18H2,1-2H3. The zero-order valence-electron chi connectivity index (χ0n) is 12.1. The van der Waals surface area contributed by atoms with Crippen LogP contribution in [0.2, 0.25) is 0 Å². The van der Waals surface area contributed by atoms with Gasteiger partial charge in [-0.1, -0.05) is 42.5 Å². The van der Waals surface area contributed by atoms with Gasteiger partial charge in [-0.05, 0) is 17.7 Å². The van der Waals surface area contributed by atoms with Crippen LogP contribution in [0.4, 0.5) is 5.82 Å². The number of nitrogens with zero attached hydrogens (tertiary/aromatic N) is 2. The van der Waals surface area contributed by atoms with E-state index >= 15 is 0 Å². The molecule has 3 rings (SSSR count). The molecule has 1 aromatic heterocycles. The number of nitrogens with two attached hydrogens (primary N) is 1. The molecule has 0 aliphatic carbocycles. The lowest BCUT2D eigenvalue weighted by molar-refractivity contribution is 0.415. The summed E-state index contributed by atoms with van der Waals surface area (Å²) in [4.78, 5) is 0. The molecule has 0 spiro atoms. The summed E-state index contributed by atoms with van der Waals surface area (Å²) in [5.41, 5.74) is 10.1. The minimum Gasteiger partial charge on any atom is -0.497 e. The van der Waals surface area contributed by atoms with Crippen molar-refractivity contribution in [1.82, 2.24) is 9.78 Å². The Morgan fingerprint density at radius 1 is 1.00 bits per heavy atom. The summed E-state index contributed by atoms with van der Waals surface area (Å²) in [6.45, 7) is 0. The van der Waals surface area contributed by atoms with Gasteiger partial charge in [0.2, 0.25) is 0 Å². The van der Waals surface area contributed by atoms with Crippen LogP contribution in [0.3, 0.4) is 0 Å². The highest BCUT2D eigenvalue weighted by molar-refractivity contribution is 5.88. The van der Waals surface area contributed by atoms with Crippen LogP contribution < -0.4 is 10.5 Å². The van der Waals surface area contributed by atoms with Crippen molar-refractivity contribution in [2.45, 2.75) is 0 Å². The molecule has 21 heavy (non-hydrogen) atoms. The van der Waals surface area contributed by atoms with E-state index in [1.807, 2.05) is 61.6 Å². The SMILES string of the molecule is COc1cccc(-c2c(-c3ccccc3)nn(C)c2N)c1. The first-order chi connectivity index (χ1) is 10.2. The molecule has 0 saturated heterocycles. The molecule has 0 aliphatic heterocycles. The highest BCUT2D eigenvalue weighted by Crippen LogP contribution is 2.36. The van der Waals surface area contributed by atoms with E-state index in [1.165, 1.54) is 0 Å². The number of aryl methyl sites for hydroxylation is 1. The maximum Gasteiger partial charge on any atom is 0.129 e. The maximum absolute atomic E-state index is 6.22. The second-order valence-electron chi connectivity index (χ2n) is 4.83. The van der Waals surface area contributed by atoms with E-state index in [2.05, 4.69) is 5.10 Å². The molecule has 0 amide bonds. The van der Waals surface area contributed by atoms with Gasteiger partial charge in [-0.3, -0.25) is 4.68 Å². The van der Waals surface area contributed by atoms with Crippen LogP contribution in [0.25, 0.3) is 22.4 Å². The molecule has 0 atom stereocenters. The van der Waals surface area contributed by atoms with Crippen LogP contribution in [0.1, 0.15) is 0 Å². The average molecular weight is 279 g/mol. The fourth-order valence-corrected chi connectivity index (χ4v) is 2.40. The smallest absolute Gasteiger partial charge is 0.129 e. The van der Waals surface area contributed by atoms with E-state index in [-0.39, 0.29) is 0 Å². The molecule has 4 heteroatoms. The number of rotatable bonds is 3. The summed E-state index contributed by atoms with van der Waals surface area (Å²) in [5, 5.41) is 4.56. The lowest BCUT2D eigenvalue weighted by Crippen LogP contribution is -1.98. The van der Waals surface area contributed by atoms with Gasteiger partial charge in [-0.2, -0.15) is 5.10 Å². The average Bonchev–Trinajstić information content (AvgIpc) is 2.84. The van der Waals surface area contributed by atoms with Crippen molar-refractivity contribution in [2.24, 2.45) is 7.05 Å². The van der Waals surface area contributed by atoms with E-state index in [0.717, 1.165) is 28.1 Å². The first-order valence-electron chi connectivity index (χ1n) is 6.73. The normalized spacial score (nSPS) is 10.6. The maximum atomic E-state index is 6.22. The molecule has 4 nitrogen and oxygen atoms in total. The van der Waals surface area contributed by atoms with Gasteiger partial charge in [0.05, 0.1) is 12.7 Å². The van der Waals surface area contributed by atoms with Gasteiger partial charge >= 0.3 is 0 Å². The Bertz CT molecular complexity index is 763. The fourth-order valence-electron chi connectivity index (χ4n) is 2.40. The minimum atomic E-state index is 0.641. The summed E-state index contributed by atoms with van der Waals surface area (Å²) in [6, 6.07) is 17.9. The molecule has 3 aromatic rings. The van der Waals surface area contributed by atoms with Crippen molar-refractivity contribution in [3.63, 3.8) is 0 Å². The number of anilines is 1. The van der Waals surface area contributed by atoms with E-state index in [0.29, 0.717) is 5.82 Å². The molecule has 0 bridgehead atoms. The van der Waals surface area contributed by atoms with Crippen molar-refractivity contribution >= 4 is 5.82 Å². The fraction of sp³-hybridized carbons (Fsp3) is 0.118. The van der Waals surface area contributed by atoms with Gasteiger partial charge in [-0.15, -0.1) is 0 Å². The summed E-state index contributed by atoms with van der Waals surface area (Å²) in [7, 11) is 3.51. The Balaban J connectivity index is 2.22. The number of hydrogen-bond donors (Lipinski definition) is 1. The van der Waals surface area contributed by atoms with Crippen molar-refractivity contribution in [3.05, 3.63) is 54.6 Å². The Morgan fingerprint density at radius 3 is 2.43 bits per heavy atom. The number of nitrogen functional groups attached to an aromatic ring is 1. The quantitative estimate of drug-likeness (QED) is 0.800. The molecule has 2 N–H and O–H groups in total. The third kappa shape index (κ3) is 2.36. The van der Waals surface area contributed by atoms with E-state index in [4.69, 9.17) is 10.5 Å². The number of hydrogen-bond acceptors (Lipinski definition) is 3. The Labute approximate surface area is 123 Å². The molecular weight excluding hydrogens is 262 g/mol. The number of aromatic nitrogens is 2. The molecule has 106 valence electrons. The van der Waals surface area contributed by atoms with Crippen LogP contribution in [0.15, 0.2) is 54.6 Å². The summed E-state index contributed by atoms with van der Waals surface area (Å²) < 4.78 is 7.01. The number of ether oxygens (including phenoxy) is 1. The molecule has 0 unspecified atom stereocenters. The minimum absolute atomic E-state index is 0.641. The third-order valence-electron chi connectivity index (χ3n) is 3.50. The van der Waals surface area contributed by atoms with Gasteiger partial charge in [0.1, 0.15) is 17.3 Å². The summed E-state index contributed by atoms with van der Waals surface area (Å²) in [6.07, 6.45) is 0. The third-order valence-corrected chi connectivity index (χ3v) is 3.50. The van der Waals surface area contributed by atoms with E-state index < -0.39 is 0 Å². The highest BCUT2D eigenvalue weighted by Gasteiger charge is 2.17. The largest absolute Gasteiger partial charge is 0.497 e.